The van der Waals surface area contributed by atoms with Gasteiger partial charge in [-0.25, -0.2) is 0 Å². The summed E-state index contributed by atoms with van der Waals surface area (Å²) < 4.78 is 5.13. The van der Waals surface area contributed by atoms with Gasteiger partial charge in [0.05, 0.1) is 18.6 Å². The Balaban J connectivity index is 1.84. The molecule has 2 heterocycles. The summed E-state index contributed by atoms with van der Waals surface area (Å²) in [5, 5.41) is 3.18. The fourth-order valence-corrected chi connectivity index (χ4v) is 3.67. The number of carbonyl (C=O) groups excluding carboxylic acids is 1. The first-order chi connectivity index (χ1) is 9.29. The van der Waals surface area contributed by atoms with Crippen molar-refractivity contribution in [1.82, 2.24) is 10.2 Å². The highest BCUT2D eigenvalue weighted by Gasteiger charge is 2.40. The molecule has 1 saturated heterocycles. The molecule has 1 aliphatic heterocycles. The lowest BCUT2D eigenvalue weighted by atomic mass is 9.97. The van der Waals surface area contributed by atoms with Crippen LogP contribution in [-0.4, -0.2) is 29.9 Å². The number of hydrogen-bond donors (Lipinski definition) is 1. The van der Waals surface area contributed by atoms with E-state index in [0.717, 1.165) is 18.4 Å². The highest BCUT2D eigenvalue weighted by Crippen LogP contribution is 2.37. The number of fused-ring (bicyclic) bond motifs is 1. The van der Waals surface area contributed by atoms with Crippen LogP contribution in [0.4, 0.5) is 0 Å². The lowest BCUT2D eigenvalue weighted by Crippen LogP contribution is -2.47. The maximum absolute atomic E-state index is 12.7. The average molecular weight is 262 g/mol. The summed E-state index contributed by atoms with van der Waals surface area (Å²) in [7, 11) is 1.89. The maximum Gasteiger partial charge on any atom is 0.240 e. The van der Waals surface area contributed by atoms with Crippen molar-refractivity contribution in [3.05, 3.63) is 24.2 Å². The van der Waals surface area contributed by atoms with E-state index in [4.69, 9.17) is 4.42 Å². The number of hydrogen-bond acceptors (Lipinski definition) is 3. The van der Waals surface area contributed by atoms with E-state index in [1.54, 1.807) is 12.5 Å². The first-order valence-corrected chi connectivity index (χ1v) is 7.28. The molecule has 1 saturated carbocycles. The number of likely N-dealkylation sites (tertiary alicyclic amines) is 1. The van der Waals surface area contributed by atoms with E-state index in [1.807, 2.05) is 13.1 Å². The van der Waals surface area contributed by atoms with E-state index < -0.39 is 0 Å². The summed E-state index contributed by atoms with van der Waals surface area (Å²) in [4.78, 5) is 14.8. The predicted octanol–water partition coefficient (Wildman–Crippen LogP) is 2.16. The molecule has 3 atom stereocenters. The minimum Gasteiger partial charge on any atom is -0.472 e. The second-order valence-corrected chi connectivity index (χ2v) is 5.77. The minimum absolute atomic E-state index is 0.0162. The molecular weight excluding hydrogens is 240 g/mol. The zero-order valence-electron chi connectivity index (χ0n) is 11.5. The lowest BCUT2D eigenvalue weighted by Gasteiger charge is -2.31. The van der Waals surface area contributed by atoms with E-state index in [1.165, 1.54) is 19.3 Å². The molecule has 4 nitrogen and oxygen atoms in total. The average Bonchev–Trinajstić information content (AvgIpc) is 3.05. The van der Waals surface area contributed by atoms with Crippen molar-refractivity contribution in [1.29, 1.82) is 0 Å². The molecule has 1 aromatic heterocycles. The van der Waals surface area contributed by atoms with Crippen LogP contribution >= 0.6 is 0 Å². The number of likely N-dealkylation sites (N-methyl/N-ethyl adjacent to an activating group) is 1. The van der Waals surface area contributed by atoms with Crippen LogP contribution in [0.15, 0.2) is 23.0 Å². The van der Waals surface area contributed by atoms with Crippen LogP contribution in [0.25, 0.3) is 0 Å². The molecule has 0 aromatic carbocycles. The maximum atomic E-state index is 12.7. The van der Waals surface area contributed by atoms with Gasteiger partial charge in [0.25, 0.3) is 0 Å². The minimum atomic E-state index is -0.0162. The van der Waals surface area contributed by atoms with E-state index in [-0.39, 0.29) is 11.9 Å². The molecule has 3 unspecified atom stereocenters. The fraction of sp³-hybridized carbons (Fsp3) is 0.667. The number of rotatable bonds is 3. The molecule has 1 N–H and O–H groups in total. The second-order valence-electron chi connectivity index (χ2n) is 5.77. The lowest BCUT2D eigenvalue weighted by molar-refractivity contribution is -0.136. The van der Waals surface area contributed by atoms with Crippen molar-refractivity contribution in [3.63, 3.8) is 0 Å². The Labute approximate surface area is 114 Å². The van der Waals surface area contributed by atoms with Gasteiger partial charge in [-0.1, -0.05) is 6.42 Å². The molecule has 1 aromatic rings. The van der Waals surface area contributed by atoms with Crippen LogP contribution in [0.1, 0.15) is 37.7 Å². The highest BCUT2D eigenvalue weighted by molar-refractivity contribution is 5.82. The predicted molar refractivity (Wildman–Crippen MR) is 72.5 cm³/mol. The topological polar surface area (TPSA) is 45.5 Å². The van der Waals surface area contributed by atoms with Gasteiger partial charge < -0.3 is 14.6 Å². The van der Waals surface area contributed by atoms with Gasteiger partial charge in [-0.2, -0.15) is 0 Å². The molecule has 19 heavy (non-hydrogen) atoms. The zero-order chi connectivity index (χ0) is 13.2. The van der Waals surface area contributed by atoms with Crippen molar-refractivity contribution < 1.29 is 9.21 Å². The summed E-state index contributed by atoms with van der Waals surface area (Å²) in [6.45, 7) is 0.689. The Morgan fingerprint density at radius 1 is 1.37 bits per heavy atom. The van der Waals surface area contributed by atoms with Crippen molar-refractivity contribution in [3.8, 4) is 0 Å². The number of amides is 1. The summed E-state index contributed by atoms with van der Waals surface area (Å²) in [5.41, 5.74) is 1.09. The van der Waals surface area contributed by atoms with Gasteiger partial charge in [-0.3, -0.25) is 4.79 Å². The normalized spacial score (nSPS) is 31.3. The van der Waals surface area contributed by atoms with Crippen molar-refractivity contribution in [2.45, 2.75) is 50.7 Å². The van der Waals surface area contributed by atoms with Crippen LogP contribution in [-0.2, 0) is 11.3 Å². The third kappa shape index (κ3) is 2.41. The van der Waals surface area contributed by atoms with E-state index in [0.29, 0.717) is 18.5 Å². The van der Waals surface area contributed by atoms with Gasteiger partial charge in [0.2, 0.25) is 5.91 Å². The number of carbonyl (C=O) groups is 1. The Kier molecular flexibility index (Phi) is 3.60. The molecule has 0 radical (unpaired) electrons. The fourth-order valence-electron chi connectivity index (χ4n) is 3.67. The number of nitrogens with one attached hydrogen (secondary N) is 1. The van der Waals surface area contributed by atoms with E-state index in [9.17, 15) is 4.79 Å². The van der Waals surface area contributed by atoms with Crippen LogP contribution in [0, 0.1) is 5.92 Å². The van der Waals surface area contributed by atoms with Crippen LogP contribution in [0.2, 0.25) is 0 Å². The third-order valence-electron chi connectivity index (χ3n) is 4.71. The Bertz CT molecular complexity index is 429. The molecule has 0 bridgehead atoms. The second kappa shape index (κ2) is 5.37. The van der Waals surface area contributed by atoms with Crippen molar-refractivity contribution in [2.24, 2.45) is 5.92 Å². The molecule has 4 heteroatoms. The van der Waals surface area contributed by atoms with Gasteiger partial charge in [-0.05, 0) is 44.7 Å². The largest absolute Gasteiger partial charge is 0.472 e. The van der Waals surface area contributed by atoms with Gasteiger partial charge in [-0.15, -0.1) is 0 Å². The first-order valence-electron chi connectivity index (χ1n) is 7.28. The molecule has 104 valence electrons. The van der Waals surface area contributed by atoms with Crippen molar-refractivity contribution >= 4 is 5.91 Å². The summed E-state index contributed by atoms with van der Waals surface area (Å²) >= 11 is 0. The monoisotopic (exact) mass is 262 g/mol. The van der Waals surface area contributed by atoms with Gasteiger partial charge in [0.1, 0.15) is 0 Å². The molecular formula is C15H22N2O2. The first kappa shape index (κ1) is 12.7. The van der Waals surface area contributed by atoms with Gasteiger partial charge >= 0.3 is 0 Å². The third-order valence-corrected chi connectivity index (χ3v) is 4.71. The highest BCUT2D eigenvalue weighted by atomic mass is 16.3. The SMILES string of the molecule is CNC1CCC2CCCC2N(Cc2ccoc2)C1=O. The molecule has 2 fully saturated rings. The van der Waals surface area contributed by atoms with E-state index in [2.05, 4.69) is 10.2 Å². The van der Waals surface area contributed by atoms with Crippen LogP contribution in [0.5, 0.6) is 0 Å². The Morgan fingerprint density at radius 3 is 3.00 bits per heavy atom. The Hall–Kier alpha value is -1.29. The number of nitrogens with zero attached hydrogens (tertiary/aromatic N) is 1. The van der Waals surface area contributed by atoms with Gasteiger partial charge in [0, 0.05) is 18.2 Å². The smallest absolute Gasteiger partial charge is 0.240 e. The standard InChI is InChI=1S/C15H22N2O2/c1-16-13-6-5-12-3-2-4-14(12)17(15(13)18)9-11-7-8-19-10-11/h7-8,10,12-14,16H,2-6,9H2,1H3. The number of furan rings is 1. The van der Waals surface area contributed by atoms with Crippen LogP contribution in [0.3, 0.4) is 0 Å². The molecule has 3 rings (SSSR count). The summed E-state index contributed by atoms with van der Waals surface area (Å²) in [6.07, 6.45) is 9.26. The summed E-state index contributed by atoms with van der Waals surface area (Å²) in [6, 6.07) is 2.37. The molecule has 0 spiro atoms. The van der Waals surface area contributed by atoms with Crippen LogP contribution < -0.4 is 5.32 Å². The molecule has 1 aliphatic carbocycles. The Morgan fingerprint density at radius 2 is 2.26 bits per heavy atom. The summed E-state index contributed by atoms with van der Waals surface area (Å²) in [5.74, 6) is 0.951. The molecule has 1 amide bonds. The quantitative estimate of drug-likeness (QED) is 0.908. The van der Waals surface area contributed by atoms with E-state index >= 15 is 0 Å². The van der Waals surface area contributed by atoms with Gasteiger partial charge in [0.15, 0.2) is 0 Å². The zero-order valence-corrected chi connectivity index (χ0v) is 11.5. The molecule has 2 aliphatic rings. The van der Waals surface area contributed by atoms with Crippen molar-refractivity contribution in [2.75, 3.05) is 7.05 Å².